The summed E-state index contributed by atoms with van der Waals surface area (Å²) in [5.41, 5.74) is 0.833. The highest BCUT2D eigenvalue weighted by molar-refractivity contribution is 7.90. The monoisotopic (exact) mass is 292 g/mol. The van der Waals surface area contributed by atoms with Crippen molar-refractivity contribution in [3.05, 3.63) is 11.1 Å². The van der Waals surface area contributed by atoms with Crippen LogP contribution in [-0.2, 0) is 10.2 Å². The molecule has 0 saturated carbocycles. The normalized spacial score (nSPS) is 13.8. The Kier molecular flexibility index (Phi) is 5.51. The molecular weight excluding hydrogens is 272 g/mol. The van der Waals surface area contributed by atoms with Crippen LogP contribution in [-0.4, -0.2) is 37.8 Å². The fourth-order valence-electron chi connectivity index (χ4n) is 1.42. The maximum absolute atomic E-state index is 12.0. The highest BCUT2D eigenvalue weighted by atomic mass is 32.2. The zero-order valence-electron chi connectivity index (χ0n) is 11.1. The van der Waals surface area contributed by atoms with Gasteiger partial charge in [0.1, 0.15) is 0 Å². The summed E-state index contributed by atoms with van der Waals surface area (Å²) in [5, 5.41) is 5.31. The van der Waals surface area contributed by atoms with Crippen LogP contribution in [0.25, 0.3) is 0 Å². The molecule has 1 aromatic heterocycles. The van der Waals surface area contributed by atoms with Gasteiger partial charge in [-0.05, 0) is 14.0 Å². The first kappa shape index (κ1) is 15.4. The Bertz CT molecular complexity index is 468. The Morgan fingerprint density at radius 2 is 2.06 bits per heavy atom. The number of nitrogens with one attached hydrogen (secondary N) is 2. The van der Waals surface area contributed by atoms with Crippen LogP contribution in [0.5, 0.6) is 0 Å². The van der Waals surface area contributed by atoms with E-state index in [-0.39, 0.29) is 6.04 Å². The van der Waals surface area contributed by atoms with Gasteiger partial charge in [0.25, 0.3) is 0 Å². The number of rotatable bonds is 7. The van der Waals surface area contributed by atoms with Crippen molar-refractivity contribution in [3.63, 3.8) is 0 Å². The number of aromatic nitrogens is 1. The largest absolute Gasteiger partial charge is 0.312 e. The molecule has 0 bridgehead atoms. The Morgan fingerprint density at radius 3 is 2.56 bits per heavy atom. The van der Waals surface area contributed by atoms with Crippen LogP contribution in [0.2, 0.25) is 0 Å². The molecule has 0 aliphatic carbocycles. The summed E-state index contributed by atoms with van der Waals surface area (Å²) < 4.78 is 27.8. The molecule has 18 heavy (non-hydrogen) atoms. The second-order valence-electron chi connectivity index (χ2n) is 3.78. The van der Waals surface area contributed by atoms with Crippen LogP contribution < -0.4 is 10.0 Å². The summed E-state index contributed by atoms with van der Waals surface area (Å²) in [6.07, 6.45) is 0. The number of hydrogen-bond acceptors (Lipinski definition) is 5. The van der Waals surface area contributed by atoms with E-state index in [9.17, 15) is 8.42 Å². The minimum atomic E-state index is -3.48. The second kappa shape index (κ2) is 6.46. The van der Waals surface area contributed by atoms with Crippen LogP contribution in [0.3, 0.4) is 0 Å². The zero-order chi connectivity index (χ0) is 13.8. The molecule has 1 unspecified atom stereocenters. The molecule has 8 heteroatoms. The van der Waals surface area contributed by atoms with Crippen molar-refractivity contribution in [3.8, 4) is 0 Å². The fraction of sp³-hybridized carbons (Fsp3) is 0.700. The van der Waals surface area contributed by atoms with E-state index in [0.29, 0.717) is 18.2 Å². The van der Waals surface area contributed by atoms with Gasteiger partial charge in [-0.1, -0.05) is 13.8 Å². The fourth-order valence-corrected chi connectivity index (χ4v) is 3.65. The number of anilines is 1. The summed E-state index contributed by atoms with van der Waals surface area (Å²) >= 11 is 1.29. The van der Waals surface area contributed by atoms with Crippen LogP contribution in [0.15, 0.2) is 5.38 Å². The lowest BCUT2D eigenvalue weighted by atomic mass is 10.3. The van der Waals surface area contributed by atoms with Gasteiger partial charge in [0, 0.05) is 24.5 Å². The number of thiazole rings is 1. The standard InChI is InChI=1S/C10H20N4O2S2/c1-5-14(6-2)18(15,16)13-10-12-9(7-17-10)8(3)11-4/h7-8,11H,5-6H2,1-4H3,(H,12,13). The van der Waals surface area contributed by atoms with Crippen molar-refractivity contribution >= 4 is 26.7 Å². The second-order valence-corrected chi connectivity index (χ2v) is 6.31. The third kappa shape index (κ3) is 3.64. The minimum Gasteiger partial charge on any atom is -0.312 e. The molecule has 104 valence electrons. The van der Waals surface area contributed by atoms with E-state index in [0.717, 1.165) is 5.69 Å². The maximum atomic E-state index is 12.0. The molecule has 0 saturated heterocycles. The molecule has 6 nitrogen and oxygen atoms in total. The van der Waals surface area contributed by atoms with Gasteiger partial charge in [-0.25, -0.2) is 9.71 Å². The summed E-state index contributed by atoms with van der Waals surface area (Å²) in [6.45, 7) is 6.46. The SMILES string of the molecule is CCN(CC)S(=O)(=O)Nc1nc(C(C)NC)cs1. The van der Waals surface area contributed by atoms with E-state index in [1.54, 1.807) is 13.8 Å². The Labute approximate surface area is 113 Å². The molecule has 1 rings (SSSR count). The lowest BCUT2D eigenvalue weighted by Crippen LogP contribution is -2.35. The maximum Gasteiger partial charge on any atom is 0.303 e. The Hall–Kier alpha value is -0.700. The Morgan fingerprint density at radius 1 is 1.44 bits per heavy atom. The zero-order valence-corrected chi connectivity index (χ0v) is 12.7. The van der Waals surface area contributed by atoms with Crippen molar-refractivity contribution in [2.24, 2.45) is 0 Å². The first-order valence-corrected chi connectivity index (χ1v) is 8.17. The molecule has 2 N–H and O–H groups in total. The smallest absolute Gasteiger partial charge is 0.303 e. The van der Waals surface area contributed by atoms with E-state index < -0.39 is 10.2 Å². The minimum absolute atomic E-state index is 0.105. The van der Waals surface area contributed by atoms with E-state index in [1.165, 1.54) is 15.6 Å². The van der Waals surface area contributed by atoms with Crippen LogP contribution in [0.4, 0.5) is 5.13 Å². The van der Waals surface area contributed by atoms with Crippen LogP contribution in [0, 0.1) is 0 Å². The predicted octanol–water partition coefficient (Wildman–Crippen LogP) is 1.42. The number of hydrogen-bond donors (Lipinski definition) is 2. The molecule has 0 spiro atoms. The third-order valence-electron chi connectivity index (χ3n) is 2.66. The summed E-state index contributed by atoms with van der Waals surface area (Å²) in [7, 11) is -1.65. The van der Waals surface area contributed by atoms with Crippen molar-refractivity contribution in [1.82, 2.24) is 14.6 Å². The van der Waals surface area contributed by atoms with Gasteiger partial charge in [0.15, 0.2) is 5.13 Å². The Balaban J connectivity index is 2.82. The van der Waals surface area contributed by atoms with Gasteiger partial charge in [0.2, 0.25) is 0 Å². The van der Waals surface area contributed by atoms with E-state index in [1.807, 2.05) is 19.4 Å². The molecule has 0 aliphatic rings. The first-order valence-electron chi connectivity index (χ1n) is 5.85. The van der Waals surface area contributed by atoms with Crippen LogP contribution >= 0.6 is 11.3 Å². The summed E-state index contributed by atoms with van der Waals surface area (Å²) in [5.74, 6) is 0. The highest BCUT2D eigenvalue weighted by Crippen LogP contribution is 2.21. The quantitative estimate of drug-likeness (QED) is 0.797. The number of nitrogens with zero attached hydrogens (tertiary/aromatic N) is 2. The molecule has 1 heterocycles. The molecule has 0 aliphatic heterocycles. The topological polar surface area (TPSA) is 74.3 Å². The van der Waals surface area contributed by atoms with Gasteiger partial charge in [0.05, 0.1) is 5.69 Å². The molecular formula is C10H20N4O2S2. The summed E-state index contributed by atoms with van der Waals surface area (Å²) in [4.78, 5) is 4.26. The summed E-state index contributed by atoms with van der Waals surface area (Å²) in [6, 6.07) is 0.105. The third-order valence-corrected chi connectivity index (χ3v) is 5.21. The molecule has 0 radical (unpaired) electrons. The average Bonchev–Trinajstić information content (AvgIpc) is 2.76. The van der Waals surface area contributed by atoms with Gasteiger partial charge in [-0.15, -0.1) is 11.3 Å². The van der Waals surface area contributed by atoms with Crippen molar-refractivity contribution in [2.45, 2.75) is 26.8 Å². The van der Waals surface area contributed by atoms with E-state index in [2.05, 4.69) is 15.0 Å². The average molecular weight is 292 g/mol. The van der Waals surface area contributed by atoms with Gasteiger partial charge in [-0.2, -0.15) is 12.7 Å². The van der Waals surface area contributed by atoms with Crippen molar-refractivity contribution in [1.29, 1.82) is 0 Å². The van der Waals surface area contributed by atoms with Crippen molar-refractivity contribution < 1.29 is 8.42 Å². The first-order chi connectivity index (χ1) is 8.44. The molecule has 1 aromatic rings. The van der Waals surface area contributed by atoms with Gasteiger partial charge < -0.3 is 5.32 Å². The molecule has 0 fully saturated rings. The molecule has 1 atom stereocenters. The lowest BCUT2D eigenvalue weighted by molar-refractivity contribution is 0.449. The predicted molar refractivity (Wildman–Crippen MR) is 75.1 cm³/mol. The van der Waals surface area contributed by atoms with Crippen molar-refractivity contribution in [2.75, 3.05) is 24.9 Å². The van der Waals surface area contributed by atoms with Gasteiger partial charge >= 0.3 is 10.2 Å². The molecule has 0 aromatic carbocycles. The highest BCUT2D eigenvalue weighted by Gasteiger charge is 2.20. The van der Waals surface area contributed by atoms with E-state index >= 15 is 0 Å². The lowest BCUT2D eigenvalue weighted by Gasteiger charge is -2.18. The molecule has 0 amide bonds. The van der Waals surface area contributed by atoms with Crippen LogP contribution in [0.1, 0.15) is 32.5 Å². The van der Waals surface area contributed by atoms with Gasteiger partial charge in [-0.3, -0.25) is 0 Å². The van der Waals surface area contributed by atoms with E-state index in [4.69, 9.17) is 0 Å².